The average Bonchev–Trinajstić information content (AvgIpc) is 3.14. The normalized spacial score (nSPS) is 35.0. The Morgan fingerprint density at radius 2 is 1.70 bits per heavy atom. The first-order chi connectivity index (χ1) is 21.1. The predicted molar refractivity (Wildman–Crippen MR) is 175 cm³/mol. The Kier molecular flexibility index (Phi) is 9.71. The van der Waals surface area contributed by atoms with Crippen LogP contribution in [0.1, 0.15) is 113 Å². The summed E-state index contributed by atoms with van der Waals surface area (Å²) in [7, 11) is 1.24. The standard InChI is InChI=1S/C38H56O8/c1-22(2)23(3)11-12-24(33(42)43)32-27(39)19-38(9)26-13-14-28-34(4,5)29(46-31(41)21-35(6,44)20-30(40)45-10)16-17-36(28,7)25(26)15-18-37(32,38)8/h13,15,22,24,28-29,32,44H,3,11-12,14,16-21H2,1-2,4-10H3,(H,42,43)/t24-,28+,29-,32+,35-,36-,37-,38+/m1/s1. The van der Waals surface area contributed by atoms with Gasteiger partial charge in [0.15, 0.2) is 0 Å². The van der Waals surface area contributed by atoms with Gasteiger partial charge in [-0.15, -0.1) is 0 Å². The number of carbonyl (C=O) groups is 4. The Labute approximate surface area is 275 Å². The monoisotopic (exact) mass is 640 g/mol. The smallest absolute Gasteiger partial charge is 0.309 e. The second kappa shape index (κ2) is 12.4. The van der Waals surface area contributed by atoms with Gasteiger partial charge < -0.3 is 19.7 Å². The number of carboxylic acids is 1. The third kappa shape index (κ3) is 6.04. The first kappa shape index (κ1) is 36.1. The van der Waals surface area contributed by atoms with Crippen LogP contribution in [0.3, 0.4) is 0 Å². The Morgan fingerprint density at radius 1 is 1.07 bits per heavy atom. The summed E-state index contributed by atoms with van der Waals surface area (Å²) in [4.78, 5) is 51.3. The number of ether oxygens (including phenoxy) is 2. The van der Waals surface area contributed by atoms with Gasteiger partial charge in [0.2, 0.25) is 0 Å². The van der Waals surface area contributed by atoms with Crippen molar-refractivity contribution in [3.63, 3.8) is 0 Å². The molecule has 2 N–H and O–H groups in total. The SMILES string of the molecule is C=C(CC[C@@H](C(=O)O)[C@H]1C(=O)C[C@@]2(C)C3=CC[C@H]4C(C)(C)[C@H](OC(=O)C[C@](C)(O)CC(=O)OC)CC[C@]4(C)C3=CC[C@]12C)C(C)C. The summed E-state index contributed by atoms with van der Waals surface area (Å²) in [5.74, 6) is -2.88. The fourth-order valence-corrected chi connectivity index (χ4v) is 9.75. The van der Waals surface area contributed by atoms with Gasteiger partial charge in [-0.2, -0.15) is 0 Å². The van der Waals surface area contributed by atoms with E-state index < -0.39 is 46.2 Å². The molecule has 0 saturated heterocycles. The molecule has 0 spiro atoms. The molecule has 2 saturated carbocycles. The second-order valence-electron chi connectivity index (χ2n) is 16.6. The molecule has 0 aromatic carbocycles. The maximum absolute atomic E-state index is 13.9. The highest BCUT2D eigenvalue weighted by Crippen LogP contribution is 2.71. The van der Waals surface area contributed by atoms with Gasteiger partial charge in [0, 0.05) is 23.2 Å². The quantitative estimate of drug-likeness (QED) is 0.183. The Balaban J connectivity index is 1.59. The van der Waals surface area contributed by atoms with Crippen LogP contribution in [0.15, 0.2) is 35.5 Å². The number of ketones is 1. The van der Waals surface area contributed by atoms with Crippen molar-refractivity contribution in [1.82, 2.24) is 0 Å². The van der Waals surface area contributed by atoms with Crippen LogP contribution in [-0.2, 0) is 28.7 Å². The van der Waals surface area contributed by atoms with Gasteiger partial charge in [0.1, 0.15) is 11.9 Å². The largest absolute Gasteiger partial charge is 0.481 e. The lowest BCUT2D eigenvalue weighted by atomic mass is 9.44. The van der Waals surface area contributed by atoms with Gasteiger partial charge in [0.25, 0.3) is 0 Å². The molecule has 4 aliphatic rings. The third-order valence-electron chi connectivity index (χ3n) is 12.9. The minimum Gasteiger partial charge on any atom is -0.481 e. The van der Waals surface area contributed by atoms with Crippen LogP contribution >= 0.6 is 0 Å². The zero-order valence-corrected chi connectivity index (χ0v) is 29.5. The maximum atomic E-state index is 13.9. The summed E-state index contributed by atoms with van der Waals surface area (Å²) >= 11 is 0. The number of esters is 2. The predicted octanol–water partition coefficient (Wildman–Crippen LogP) is 7.00. The van der Waals surface area contributed by atoms with E-state index in [2.05, 4.69) is 71.9 Å². The summed E-state index contributed by atoms with van der Waals surface area (Å²) in [6, 6.07) is 0. The van der Waals surface area contributed by atoms with E-state index in [1.54, 1.807) is 0 Å². The molecule has 4 aliphatic carbocycles. The molecule has 46 heavy (non-hydrogen) atoms. The van der Waals surface area contributed by atoms with Gasteiger partial charge in [-0.25, -0.2) is 0 Å². The van der Waals surface area contributed by atoms with E-state index in [1.807, 2.05) is 0 Å². The second-order valence-corrected chi connectivity index (χ2v) is 16.6. The highest BCUT2D eigenvalue weighted by atomic mass is 16.5. The van der Waals surface area contributed by atoms with Crippen LogP contribution in [0.4, 0.5) is 0 Å². The minimum atomic E-state index is -1.56. The number of rotatable bonds is 11. The van der Waals surface area contributed by atoms with Gasteiger partial charge in [-0.05, 0) is 79.3 Å². The Bertz CT molecular complexity index is 1350. The van der Waals surface area contributed by atoms with Crippen molar-refractivity contribution in [1.29, 1.82) is 0 Å². The van der Waals surface area contributed by atoms with E-state index in [9.17, 15) is 29.4 Å². The van der Waals surface area contributed by atoms with Crippen LogP contribution in [0.25, 0.3) is 0 Å². The minimum absolute atomic E-state index is 0.0504. The summed E-state index contributed by atoms with van der Waals surface area (Å²) in [5, 5.41) is 21.0. The zero-order valence-electron chi connectivity index (χ0n) is 29.5. The molecule has 0 bridgehead atoms. The van der Waals surface area contributed by atoms with Crippen LogP contribution in [0, 0.1) is 45.3 Å². The number of allylic oxidation sites excluding steroid dienone is 5. The van der Waals surface area contributed by atoms with Crippen LogP contribution in [0.5, 0.6) is 0 Å². The van der Waals surface area contributed by atoms with E-state index in [1.165, 1.54) is 25.2 Å². The molecule has 0 unspecified atom stereocenters. The van der Waals surface area contributed by atoms with Crippen LogP contribution < -0.4 is 0 Å². The number of carboxylic acid groups (broad SMARTS) is 1. The molecule has 256 valence electrons. The van der Waals surface area contributed by atoms with E-state index in [-0.39, 0.29) is 47.4 Å². The molecular weight excluding hydrogens is 584 g/mol. The van der Waals surface area contributed by atoms with Crippen molar-refractivity contribution in [3.8, 4) is 0 Å². The fraction of sp³-hybridized carbons (Fsp3) is 0.737. The summed E-state index contributed by atoms with van der Waals surface area (Å²) in [5.41, 5.74) is 0.311. The fourth-order valence-electron chi connectivity index (χ4n) is 9.75. The number of hydrogen-bond donors (Lipinski definition) is 2. The van der Waals surface area contributed by atoms with Crippen molar-refractivity contribution in [2.24, 2.45) is 45.3 Å². The first-order valence-corrected chi connectivity index (χ1v) is 17.0. The number of aliphatic hydroxyl groups is 1. The zero-order chi connectivity index (χ0) is 34.6. The first-order valence-electron chi connectivity index (χ1n) is 17.0. The lowest BCUT2D eigenvalue weighted by molar-refractivity contribution is -0.173. The molecule has 8 atom stereocenters. The number of aliphatic carboxylic acids is 1. The van der Waals surface area contributed by atoms with Gasteiger partial charge in [0.05, 0.1) is 31.5 Å². The van der Waals surface area contributed by atoms with Gasteiger partial charge >= 0.3 is 17.9 Å². The third-order valence-corrected chi connectivity index (χ3v) is 12.9. The summed E-state index contributed by atoms with van der Waals surface area (Å²) in [6.45, 7) is 20.6. The van der Waals surface area contributed by atoms with Crippen LogP contribution in [-0.4, -0.2) is 52.7 Å². The van der Waals surface area contributed by atoms with Crippen molar-refractivity contribution in [3.05, 3.63) is 35.5 Å². The topological polar surface area (TPSA) is 127 Å². The maximum Gasteiger partial charge on any atom is 0.309 e. The lowest BCUT2D eigenvalue weighted by Crippen LogP contribution is -2.55. The molecule has 2 fully saturated rings. The Morgan fingerprint density at radius 3 is 2.28 bits per heavy atom. The van der Waals surface area contributed by atoms with E-state index in [0.717, 1.165) is 18.4 Å². The summed E-state index contributed by atoms with van der Waals surface area (Å²) in [6.07, 6.45) is 7.79. The molecule has 0 amide bonds. The molecule has 8 nitrogen and oxygen atoms in total. The van der Waals surface area contributed by atoms with E-state index in [4.69, 9.17) is 4.74 Å². The van der Waals surface area contributed by atoms with Crippen molar-refractivity contribution in [2.75, 3.05) is 7.11 Å². The van der Waals surface area contributed by atoms with Crippen molar-refractivity contribution in [2.45, 2.75) is 125 Å². The number of fused-ring (bicyclic) bond motifs is 5. The molecule has 0 radical (unpaired) electrons. The molecule has 0 aromatic rings. The average molecular weight is 641 g/mol. The summed E-state index contributed by atoms with van der Waals surface area (Å²) < 4.78 is 10.7. The molecule has 0 heterocycles. The molecular formula is C38H56O8. The van der Waals surface area contributed by atoms with Crippen LogP contribution in [0.2, 0.25) is 0 Å². The number of Topliss-reactive ketones (excluding diaryl/α,β-unsaturated/α-hetero) is 1. The molecule has 0 aromatic heterocycles. The van der Waals surface area contributed by atoms with Crippen molar-refractivity contribution < 1.29 is 38.9 Å². The van der Waals surface area contributed by atoms with Gasteiger partial charge in [-0.3, -0.25) is 19.2 Å². The molecule has 4 rings (SSSR count). The number of hydrogen-bond acceptors (Lipinski definition) is 7. The van der Waals surface area contributed by atoms with Crippen molar-refractivity contribution >= 4 is 23.7 Å². The lowest BCUT2D eigenvalue weighted by Gasteiger charge is -2.61. The van der Waals surface area contributed by atoms with Gasteiger partial charge in [-0.1, -0.05) is 72.8 Å². The van der Waals surface area contributed by atoms with E-state index >= 15 is 0 Å². The Hall–Kier alpha value is -2.74. The highest BCUT2D eigenvalue weighted by molar-refractivity contribution is 5.91. The number of carbonyl (C=O) groups excluding carboxylic acids is 3. The molecule has 8 heteroatoms. The number of methoxy groups -OCH3 is 1. The highest BCUT2D eigenvalue weighted by Gasteiger charge is 2.67. The molecule has 0 aliphatic heterocycles. The van der Waals surface area contributed by atoms with E-state index in [0.29, 0.717) is 32.1 Å².